The van der Waals surface area contributed by atoms with Gasteiger partial charge in [-0.1, -0.05) is 63.6 Å². The normalized spacial score (nSPS) is 11.6. The third-order valence-electron chi connectivity index (χ3n) is 3.13. The molecule has 3 aromatic rings. The molecule has 0 aliphatic carbocycles. The number of halogens is 4. The van der Waals surface area contributed by atoms with Crippen LogP contribution < -0.4 is 0 Å². The van der Waals surface area contributed by atoms with Crippen molar-refractivity contribution in [2.75, 3.05) is 0 Å². The Morgan fingerprint density at radius 2 is 1.50 bits per heavy atom. The molecule has 0 aliphatic rings. The Morgan fingerprint density at radius 3 is 2.09 bits per heavy atom. The zero-order valence-electron chi connectivity index (χ0n) is 11.1. The number of hydrogen-bond acceptors (Lipinski definition) is 2. The minimum absolute atomic E-state index is 0.209. The van der Waals surface area contributed by atoms with Crippen molar-refractivity contribution in [1.82, 2.24) is 5.16 Å². The van der Waals surface area contributed by atoms with Crippen molar-refractivity contribution in [3.8, 4) is 22.6 Å². The molecule has 6 heteroatoms. The van der Waals surface area contributed by atoms with Crippen LogP contribution in [-0.4, -0.2) is 5.16 Å². The largest absolute Gasteiger partial charge is 0.422 e. The van der Waals surface area contributed by atoms with Gasteiger partial charge >= 0.3 is 6.18 Å². The van der Waals surface area contributed by atoms with Crippen LogP contribution >= 0.6 is 15.9 Å². The van der Waals surface area contributed by atoms with Gasteiger partial charge in [0.1, 0.15) is 11.3 Å². The summed E-state index contributed by atoms with van der Waals surface area (Å²) in [5, 5.41) is 3.65. The average molecular weight is 368 g/mol. The summed E-state index contributed by atoms with van der Waals surface area (Å²) in [5.74, 6) is -0.272. The third-order valence-corrected chi connectivity index (χ3v) is 3.66. The Bertz CT molecular complexity index is 779. The molecule has 1 heterocycles. The number of nitrogens with zero attached hydrogens (tertiary/aromatic N) is 1. The molecule has 0 unspecified atom stereocenters. The number of rotatable bonds is 2. The lowest BCUT2D eigenvalue weighted by atomic mass is 10.0. The Morgan fingerprint density at radius 1 is 0.864 bits per heavy atom. The highest BCUT2D eigenvalue weighted by atomic mass is 79.9. The van der Waals surface area contributed by atoms with Gasteiger partial charge in [0.2, 0.25) is 0 Å². The number of hydrogen-bond donors (Lipinski definition) is 0. The average Bonchev–Trinajstić information content (AvgIpc) is 2.94. The molecule has 1 aromatic heterocycles. The zero-order valence-corrected chi connectivity index (χ0v) is 12.6. The highest BCUT2D eigenvalue weighted by Crippen LogP contribution is 2.43. The third kappa shape index (κ3) is 2.78. The van der Waals surface area contributed by atoms with Crippen molar-refractivity contribution in [1.29, 1.82) is 0 Å². The van der Waals surface area contributed by atoms with Gasteiger partial charge in [-0.3, -0.25) is 0 Å². The quantitative estimate of drug-likeness (QED) is 0.572. The molecule has 0 amide bonds. The van der Waals surface area contributed by atoms with Gasteiger partial charge in [-0.25, -0.2) is 0 Å². The van der Waals surface area contributed by atoms with Crippen LogP contribution in [0.2, 0.25) is 0 Å². The van der Waals surface area contributed by atoms with Crippen molar-refractivity contribution < 1.29 is 17.7 Å². The summed E-state index contributed by atoms with van der Waals surface area (Å²) in [6.45, 7) is 0. The van der Waals surface area contributed by atoms with Gasteiger partial charge in [-0.15, -0.1) is 0 Å². The standard InChI is InChI=1S/C16H9BrF3NO/c17-12-8-6-10(7-9-12)14-13(16(18,19)20)15(22-21-14)11-4-2-1-3-5-11/h1-9H. The van der Waals surface area contributed by atoms with Gasteiger partial charge in [0.25, 0.3) is 0 Å². The maximum absolute atomic E-state index is 13.5. The first-order chi connectivity index (χ1) is 10.5. The van der Waals surface area contributed by atoms with Gasteiger partial charge < -0.3 is 4.52 Å². The lowest BCUT2D eigenvalue weighted by Gasteiger charge is -2.08. The Labute approximate surface area is 132 Å². The summed E-state index contributed by atoms with van der Waals surface area (Å²) >= 11 is 3.25. The van der Waals surface area contributed by atoms with E-state index in [2.05, 4.69) is 21.1 Å². The predicted molar refractivity (Wildman–Crippen MR) is 80.1 cm³/mol. The van der Waals surface area contributed by atoms with Crippen LogP contribution in [0.25, 0.3) is 22.6 Å². The fraction of sp³-hybridized carbons (Fsp3) is 0.0625. The molecule has 0 atom stereocenters. The molecule has 0 spiro atoms. The molecule has 0 aliphatic heterocycles. The lowest BCUT2D eigenvalue weighted by Crippen LogP contribution is -2.07. The first-order valence-electron chi connectivity index (χ1n) is 6.35. The van der Waals surface area contributed by atoms with E-state index < -0.39 is 11.7 Å². The van der Waals surface area contributed by atoms with Crippen molar-refractivity contribution in [3.05, 3.63) is 64.6 Å². The van der Waals surface area contributed by atoms with Gasteiger partial charge in [0.05, 0.1) is 0 Å². The van der Waals surface area contributed by atoms with Gasteiger partial charge in [0, 0.05) is 15.6 Å². The molecule has 0 N–H and O–H groups in total. The number of alkyl halides is 3. The fourth-order valence-corrected chi connectivity index (χ4v) is 2.41. The maximum atomic E-state index is 13.5. The van der Waals surface area contributed by atoms with E-state index in [1.165, 1.54) is 0 Å². The van der Waals surface area contributed by atoms with E-state index in [1.54, 1.807) is 54.6 Å². The molecule has 0 radical (unpaired) electrons. The van der Waals surface area contributed by atoms with Crippen LogP contribution in [0.3, 0.4) is 0 Å². The fourth-order valence-electron chi connectivity index (χ4n) is 2.14. The second kappa shape index (κ2) is 5.61. The molecule has 0 bridgehead atoms. The van der Waals surface area contributed by atoms with Gasteiger partial charge in [-0.05, 0) is 12.1 Å². The van der Waals surface area contributed by atoms with E-state index >= 15 is 0 Å². The van der Waals surface area contributed by atoms with Crippen molar-refractivity contribution in [2.24, 2.45) is 0 Å². The van der Waals surface area contributed by atoms with E-state index in [1.807, 2.05) is 0 Å². The monoisotopic (exact) mass is 367 g/mol. The van der Waals surface area contributed by atoms with Crippen molar-refractivity contribution in [3.63, 3.8) is 0 Å². The highest BCUT2D eigenvalue weighted by Gasteiger charge is 2.41. The van der Waals surface area contributed by atoms with Crippen LogP contribution in [0.4, 0.5) is 13.2 Å². The summed E-state index contributed by atoms with van der Waals surface area (Å²) in [7, 11) is 0. The van der Waals surface area contributed by atoms with Crippen LogP contribution in [0, 0.1) is 0 Å². The van der Waals surface area contributed by atoms with E-state index in [-0.39, 0.29) is 11.5 Å². The SMILES string of the molecule is FC(F)(F)c1c(-c2ccc(Br)cc2)noc1-c1ccccc1. The first-order valence-corrected chi connectivity index (χ1v) is 7.14. The van der Waals surface area contributed by atoms with Crippen LogP contribution in [0.5, 0.6) is 0 Å². The molecule has 0 saturated heterocycles. The lowest BCUT2D eigenvalue weighted by molar-refractivity contribution is -0.136. The number of aromatic nitrogens is 1. The second-order valence-corrected chi connectivity index (χ2v) is 5.52. The highest BCUT2D eigenvalue weighted by molar-refractivity contribution is 9.10. The van der Waals surface area contributed by atoms with Gasteiger partial charge in [0.15, 0.2) is 5.76 Å². The predicted octanol–water partition coefficient (Wildman–Crippen LogP) is 5.79. The molecular formula is C16H9BrF3NO. The maximum Gasteiger partial charge on any atom is 0.422 e. The Balaban J connectivity index is 2.20. The Kier molecular flexibility index (Phi) is 3.78. The minimum Gasteiger partial charge on any atom is -0.355 e. The zero-order chi connectivity index (χ0) is 15.7. The van der Waals surface area contributed by atoms with Crippen molar-refractivity contribution in [2.45, 2.75) is 6.18 Å². The molecule has 2 nitrogen and oxygen atoms in total. The van der Waals surface area contributed by atoms with Crippen LogP contribution in [0.1, 0.15) is 5.56 Å². The summed E-state index contributed by atoms with van der Waals surface area (Å²) in [5.41, 5.74) is -0.382. The molecular weight excluding hydrogens is 359 g/mol. The summed E-state index contributed by atoms with van der Waals surface area (Å²) in [6.07, 6.45) is -4.56. The van der Waals surface area contributed by atoms with E-state index in [0.29, 0.717) is 11.1 Å². The molecule has 0 fully saturated rings. The summed E-state index contributed by atoms with van der Waals surface area (Å²) < 4.78 is 46.2. The molecule has 2 aromatic carbocycles. The molecule has 3 rings (SSSR count). The van der Waals surface area contributed by atoms with E-state index in [4.69, 9.17) is 4.52 Å². The van der Waals surface area contributed by atoms with E-state index in [9.17, 15) is 13.2 Å². The summed E-state index contributed by atoms with van der Waals surface area (Å²) in [4.78, 5) is 0. The Hall–Kier alpha value is -2.08. The van der Waals surface area contributed by atoms with Crippen molar-refractivity contribution >= 4 is 15.9 Å². The van der Waals surface area contributed by atoms with Crippen LogP contribution in [-0.2, 0) is 6.18 Å². The van der Waals surface area contributed by atoms with Crippen LogP contribution in [0.15, 0.2) is 63.6 Å². The molecule has 22 heavy (non-hydrogen) atoms. The minimum atomic E-state index is -4.56. The molecule has 0 saturated carbocycles. The van der Waals surface area contributed by atoms with Gasteiger partial charge in [-0.2, -0.15) is 13.2 Å². The topological polar surface area (TPSA) is 26.0 Å². The first kappa shape index (κ1) is 14.8. The smallest absolute Gasteiger partial charge is 0.355 e. The summed E-state index contributed by atoms with van der Waals surface area (Å²) in [6, 6.07) is 14.6. The molecule has 112 valence electrons. The van der Waals surface area contributed by atoms with E-state index in [0.717, 1.165) is 4.47 Å². The second-order valence-electron chi connectivity index (χ2n) is 4.61. The number of benzene rings is 2.